The van der Waals surface area contributed by atoms with Crippen LogP contribution in [0.5, 0.6) is 0 Å². The van der Waals surface area contributed by atoms with Gasteiger partial charge in [0, 0.05) is 17.5 Å². The lowest BCUT2D eigenvalue weighted by atomic mass is 10.2. The van der Waals surface area contributed by atoms with E-state index in [0.29, 0.717) is 12.5 Å². The minimum atomic E-state index is -0.688. The second-order valence-corrected chi connectivity index (χ2v) is 4.65. The van der Waals surface area contributed by atoms with Gasteiger partial charge in [0.15, 0.2) is 0 Å². The molecule has 1 heterocycles. The van der Waals surface area contributed by atoms with E-state index >= 15 is 0 Å². The van der Waals surface area contributed by atoms with Crippen molar-refractivity contribution in [2.75, 3.05) is 25.1 Å². The number of hydrogen-bond acceptors (Lipinski definition) is 3. The lowest BCUT2D eigenvalue weighted by molar-refractivity contribution is -0.136. The molecule has 1 unspecified atom stereocenters. The third-order valence-electron chi connectivity index (χ3n) is 2.44. The zero-order valence-electron chi connectivity index (χ0n) is 8.03. The Labute approximate surface area is 83.5 Å². The highest BCUT2D eigenvalue weighted by Gasteiger charge is 2.20. The minimum absolute atomic E-state index is 0.293. The molecule has 1 rings (SSSR count). The highest BCUT2D eigenvalue weighted by molar-refractivity contribution is 7.99. The highest BCUT2D eigenvalue weighted by Crippen LogP contribution is 2.19. The summed E-state index contributed by atoms with van der Waals surface area (Å²) in [7, 11) is 2.15. The topological polar surface area (TPSA) is 40.5 Å². The van der Waals surface area contributed by atoms with E-state index in [4.69, 9.17) is 5.11 Å². The highest BCUT2D eigenvalue weighted by atomic mass is 32.2. The number of hydrogen-bond donors (Lipinski definition) is 1. The van der Waals surface area contributed by atoms with Crippen LogP contribution in [-0.2, 0) is 4.79 Å². The second kappa shape index (κ2) is 5.50. The van der Waals surface area contributed by atoms with Crippen molar-refractivity contribution in [3.63, 3.8) is 0 Å². The molecule has 3 nitrogen and oxygen atoms in total. The van der Waals surface area contributed by atoms with Gasteiger partial charge < -0.3 is 10.0 Å². The molecule has 13 heavy (non-hydrogen) atoms. The van der Waals surface area contributed by atoms with Crippen LogP contribution in [0.25, 0.3) is 0 Å². The monoisotopic (exact) mass is 203 g/mol. The van der Waals surface area contributed by atoms with E-state index in [0.717, 1.165) is 11.5 Å². The van der Waals surface area contributed by atoms with Crippen molar-refractivity contribution in [2.24, 2.45) is 0 Å². The van der Waals surface area contributed by atoms with Crippen LogP contribution in [0.3, 0.4) is 0 Å². The smallest absolute Gasteiger partial charge is 0.304 e. The molecule has 0 aromatic heterocycles. The maximum absolute atomic E-state index is 10.2. The van der Waals surface area contributed by atoms with Gasteiger partial charge in [0.05, 0.1) is 6.42 Å². The van der Waals surface area contributed by atoms with Crippen LogP contribution in [0.15, 0.2) is 0 Å². The van der Waals surface area contributed by atoms with Crippen molar-refractivity contribution in [3.05, 3.63) is 0 Å². The van der Waals surface area contributed by atoms with Gasteiger partial charge in [-0.25, -0.2) is 0 Å². The number of rotatable bonds is 5. The minimum Gasteiger partial charge on any atom is -0.481 e. The van der Waals surface area contributed by atoms with Crippen LogP contribution in [0.4, 0.5) is 0 Å². The molecule has 0 spiro atoms. The molecule has 0 aromatic rings. The quantitative estimate of drug-likeness (QED) is 0.684. The standard InChI is InChI=1S/C9H17NO2S/c1-10-5-2-3-8(10)7-13-6-4-9(11)12/h8H,2-7H2,1H3,(H,11,12). The molecule has 4 heteroatoms. The van der Waals surface area contributed by atoms with Gasteiger partial charge in [0.2, 0.25) is 0 Å². The fraction of sp³-hybridized carbons (Fsp3) is 0.889. The van der Waals surface area contributed by atoms with E-state index in [2.05, 4.69) is 11.9 Å². The number of nitrogens with zero attached hydrogens (tertiary/aromatic N) is 1. The molecule has 1 N–H and O–H groups in total. The summed E-state index contributed by atoms with van der Waals surface area (Å²) < 4.78 is 0. The van der Waals surface area contributed by atoms with Gasteiger partial charge in [-0.15, -0.1) is 0 Å². The molecule has 1 aliphatic heterocycles. The summed E-state index contributed by atoms with van der Waals surface area (Å²) in [4.78, 5) is 12.6. The van der Waals surface area contributed by atoms with E-state index in [1.807, 2.05) is 0 Å². The molecular weight excluding hydrogens is 186 g/mol. The summed E-state index contributed by atoms with van der Waals surface area (Å²) in [6.07, 6.45) is 2.86. The zero-order valence-corrected chi connectivity index (χ0v) is 8.85. The molecule has 1 saturated heterocycles. The van der Waals surface area contributed by atoms with Crippen molar-refractivity contribution in [1.82, 2.24) is 4.90 Å². The first-order chi connectivity index (χ1) is 6.20. The first kappa shape index (κ1) is 10.9. The first-order valence-corrected chi connectivity index (χ1v) is 5.85. The molecule has 0 saturated carbocycles. The number of likely N-dealkylation sites (tertiary alicyclic amines) is 1. The Morgan fingerprint density at radius 2 is 2.46 bits per heavy atom. The van der Waals surface area contributed by atoms with Crippen molar-refractivity contribution < 1.29 is 9.90 Å². The summed E-state index contributed by atoms with van der Waals surface area (Å²) in [5.41, 5.74) is 0. The maximum atomic E-state index is 10.2. The second-order valence-electron chi connectivity index (χ2n) is 3.50. The molecular formula is C9H17NO2S. The lowest BCUT2D eigenvalue weighted by Crippen LogP contribution is -2.27. The summed E-state index contributed by atoms with van der Waals surface area (Å²) in [5, 5.41) is 8.43. The Morgan fingerprint density at radius 3 is 3.00 bits per heavy atom. The molecule has 0 amide bonds. The van der Waals surface area contributed by atoms with Crippen molar-refractivity contribution in [2.45, 2.75) is 25.3 Å². The number of carboxylic acids is 1. The molecule has 0 aromatic carbocycles. The third kappa shape index (κ3) is 4.00. The summed E-state index contributed by atoms with van der Waals surface area (Å²) >= 11 is 1.76. The van der Waals surface area contributed by atoms with Crippen LogP contribution < -0.4 is 0 Å². The number of thioether (sulfide) groups is 1. The number of carboxylic acid groups (broad SMARTS) is 1. The molecule has 1 aliphatic rings. The van der Waals surface area contributed by atoms with Crippen molar-refractivity contribution >= 4 is 17.7 Å². The average molecular weight is 203 g/mol. The SMILES string of the molecule is CN1CCCC1CSCCC(=O)O. The molecule has 1 fully saturated rings. The molecule has 76 valence electrons. The Bertz CT molecular complexity index is 175. The fourth-order valence-electron chi connectivity index (χ4n) is 1.57. The average Bonchev–Trinajstić information content (AvgIpc) is 2.45. The van der Waals surface area contributed by atoms with E-state index in [9.17, 15) is 4.79 Å². The van der Waals surface area contributed by atoms with Gasteiger partial charge in [-0.1, -0.05) is 0 Å². The predicted octanol–water partition coefficient (Wildman–Crippen LogP) is 1.29. The van der Waals surface area contributed by atoms with E-state index in [1.54, 1.807) is 11.8 Å². The van der Waals surface area contributed by atoms with E-state index < -0.39 is 5.97 Å². The van der Waals surface area contributed by atoms with Gasteiger partial charge in [-0.2, -0.15) is 11.8 Å². The Morgan fingerprint density at radius 1 is 1.69 bits per heavy atom. The molecule has 0 aliphatic carbocycles. The van der Waals surface area contributed by atoms with Gasteiger partial charge in [0.25, 0.3) is 0 Å². The zero-order chi connectivity index (χ0) is 9.68. The van der Waals surface area contributed by atoms with Crippen LogP contribution in [-0.4, -0.2) is 47.1 Å². The van der Waals surface area contributed by atoms with Crippen molar-refractivity contribution in [3.8, 4) is 0 Å². The van der Waals surface area contributed by atoms with Crippen LogP contribution >= 0.6 is 11.8 Å². The number of aliphatic carboxylic acids is 1. The third-order valence-corrected chi connectivity index (χ3v) is 3.56. The molecule has 0 bridgehead atoms. The summed E-state index contributed by atoms with van der Waals surface area (Å²) in [6.45, 7) is 1.20. The summed E-state index contributed by atoms with van der Waals surface area (Å²) in [5.74, 6) is 1.15. The van der Waals surface area contributed by atoms with E-state index in [-0.39, 0.29) is 0 Å². The van der Waals surface area contributed by atoms with Crippen LogP contribution in [0, 0.1) is 0 Å². The van der Waals surface area contributed by atoms with Gasteiger partial charge in [0.1, 0.15) is 0 Å². The summed E-state index contributed by atoms with van der Waals surface area (Å²) in [6, 6.07) is 0.679. The normalized spacial score (nSPS) is 23.6. The molecule has 0 radical (unpaired) electrons. The van der Waals surface area contributed by atoms with Gasteiger partial charge in [-0.3, -0.25) is 4.79 Å². The fourth-order valence-corrected chi connectivity index (χ4v) is 2.75. The van der Waals surface area contributed by atoms with E-state index in [1.165, 1.54) is 19.4 Å². The predicted molar refractivity (Wildman–Crippen MR) is 55.2 cm³/mol. The maximum Gasteiger partial charge on any atom is 0.304 e. The Kier molecular flexibility index (Phi) is 4.59. The number of carbonyl (C=O) groups is 1. The largest absolute Gasteiger partial charge is 0.481 e. The lowest BCUT2D eigenvalue weighted by Gasteiger charge is -2.18. The Hall–Kier alpha value is -0.220. The first-order valence-electron chi connectivity index (χ1n) is 4.70. The Balaban J connectivity index is 2.02. The van der Waals surface area contributed by atoms with Crippen molar-refractivity contribution in [1.29, 1.82) is 0 Å². The van der Waals surface area contributed by atoms with Crippen LogP contribution in [0.2, 0.25) is 0 Å². The van der Waals surface area contributed by atoms with Crippen LogP contribution in [0.1, 0.15) is 19.3 Å². The van der Waals surface area contributed by atoms with Gasteiger partial charge >= 0.3 is 5.97 Å². The molecule has 1 atom stereocenters. The van der Waals surface area contributed by atoms with Gasteiger partial charge in [-0.05, 0) is 26.4 Å².